The van der Waals surface area contributed by atoms with Crippen LogP contribution >= 0.6 is 11.6 Å². The van der Waals surface area contributed by atoms with Crippen LogP contribution in [0.3, 0.4) is 0 Å². The molecular formula is C24H24ClN7O3. The number of urea groups is 1. The number of anilines is 1. The third kappa shape index (κ3) is 4.69. The van der Waals surface area contributed by atoms with E-state index in [9.17, 15) is 9.59 Å². The highest BCUT2D eigenvalue weighted by atomic mass is 35.5. The van der Waals surface area contributed by atoms with E-state index >= 15 is 0 Å². The van der Waals surface area contributed by atoms with Gasteiger partial charge >= 0.3 is 6.03 Å². The molecule has 180 valence electrons. The predicted molar refractivity (Wildman–Crippen MR) is 132 cm³/mol. The van der Waals surface area contributed by atoms with E-state index in [0.717, 1.165) is 18.4 Å². The van der Waals surface area contributed by atoms with Crippen LogP contribution in [0.5, 0.6) is 5.75 Å². The standard InChI is InChI=1S/C24H24ClN7O3/c1-35-19-11-5-4-10-18(19)26-24(34)31-12-6-8-16(13-31)21-27-22-20(23(33)28-21)29-30-32(22)14-15-7-2-3-9-17(15)25/h2-5,7,9-11,16H,6,8,12-14H2,1H3,(H,26,34)(H,27,28,33)/t16-/m1/s1. The molecular weight excluding hydrogens is 470 g/mol. The minimum atomic E-state index is -0.356. The van der Waals surface area contributed by atoms with Crippen molar-refractivity contribution in [2.45, 2.75) is 25.3 Å². The number of halogens is 1. The molecule has 1 saturated heterocycles. The SMILES string of the molecule is COc1ccccc1NC(=O)N1CCC[C@@H](c2nc3c(nnn3Cc3ccccc3Cl)c(=O)[nH]2)C1. The summed E-state index contributed by atoms with van der Waals surface area (Å²) in [6.07, 6.45) is 1.57. The van der Waals surface area contributed by atoms with Crippen LogP contribution in [-0.2, 0) is 6.54 Å². The number of fused-ring (bicyclic) bond motifs is 1. The molecule has 2 aromatic heterocycles. The average Bonchev–Trinajstić information content (AvgIpc) is 3.29. The first-order chi connectivity index (χ1) is 17.0. The van der Waals surface area contributed by atoms with Crippen molar-refractivity contribution < 1.29 is 9.53 Å². The molecule has 0 radical (unpaired) electrons. The number of piperidine rings is 1. The molecule has 1 atom stereocenters. The molecule has 0 aliphatic carbocycles. The maximum atomic E-state index is 13.0. The zero-order valence-electron chi connectivity index (χ0n) is 19.1. The van der Waals surface area contributed by atoms with Gasteiger partial charge in [-0.1, -0.05) is 47.1 Å². The molecule has 0 unspecified atom stereocenters. The van der Waals surface area contributed by atoms with Crippen molar-refractivity contribution in [2.24, 2.45) is 0 Å². The minimum absolute atomic E-state index is 0.132. The number of rotatable bonds is 5. The van der Waals surface area contributed by atoms with Crippen molar-refractivity contribution in [3.8, 4) is 5.75 Å². The smallest absolute Gasteiger partial charge is 0.321 e. The fourth-order valence-corrected chi connectivity index (χ4v) is 4.49. The van der Waals surface area contributed by atoms with E-state index in [4.69, 9.17) is 21.3 Å². The number of nitrogens with zero attached hydrogens (tertiary/aromatic N) is 5. The normalized spacial score (nSPS) is 15.8. The first-order valence-electron chi connectivity index (χ1n) is 11.3. The number of carbonyl (C=O) groups excluding carboxylic acids is 1. The van der Waals surface area contributed by atoms with Gasteiger partial charge in [0.2, 0.25) is 0 Å². The van der Waals surface area contributed by atoms with Crippen LogP contribution in [-0.4, -0.2) is 56.1 Å². The zero-order valence-corrected chi connectivity index (χ0v) is 19.8. The second-order valence-corrected chi connectivity index (χ2v) is 8.78. The van der Waals surface area contributed by atoms with Crippen LogP contribution in [0, 0.1) is 0 Å². The summed E-state index contributed by atoms with van der Waals surface area (Å²) in [6.45, 7) is 1.36. The van der Waals surface area contributed by atoms with Gasteiger partial charge in [-0.05, 0) is 36.6 Å². The van der Waals surface area contributed by atoms with Crippen LogP contribution in [0.2, 0.25) is 5.02 Å². The van der Waals surface area contributed by atoms with Gasteiger partial charge in [-0.3, -0.25) is 4.79 Å². The maximum absolute atomic E-state index is 13.0. The largest absolute Gasteiger partial charge is 0.495 e. The quantitative estimate of drug-likeness (QED) is 0.438. The Morgan fingerprint density at radius 2 is 2.03 bits per heavy atom. The number of para-hydroxylation sites is 2. The van der Waals surface area contributed by atoms with E-state index in [1.807, 2.05) is 30.3 Å². The molecule has 4 aromatic rings. The highest BCUT2D eigenvalue weighted by molar-refractivity contribution is 6.31. The highest BCUT2D eigenvalue weighted by Gasteiger charge is 2.28. The molecule has 0 saturated carbocycles. The number of hydrogen-bond acceptors (Lipinski definition) is 6. The summed E-state index contributed by atoms with van der Waals surface area (Å²) >= 11 is 6.30. The number of hydrogen-bond donors (Lipinski definition) is 2. The predicted octanol–water partition coefficient (Wildman–Crippen LogP) is 3.64. The first kappa shape index (κ1) is 22.9. The lowest BCUT2D eigenvalue weighted by molar-refractivity contribution is 0.191. The van der Waals surface area contributed by atoms with Gasteiger partial charge < -0.3 is 19.9 Å². The zero-order chi connectivity index (χ0) is 24.4. The van der Waals surface area contributed by atoms with Gasteiger partial charge in [0.15, 0.2) is 11.2 Å². The summed E-state index contributed by atoms with van der Waals surface area (Å²) in [6, 6.07) is 14.5. The van der Waals surface area contributed by atoms with Crippen molar-refractivity contribution in [3.63, 3.8) is 0 Å². The van der Waals surface area contributed by atoms with Crippen molar-refractivity contribution in [3.05, 3.63) is 75.3 Å². The molecule has 2 amide bonds. The summed E-state index contributed by atoms with van der Waals surface area (Å²) in [5, 5.41) is 11.7. The molecule has 0 bridgehead atoms. The summed E-state index contributed by atoms with van der Waals surface area (Å²) in [7, 11) is 1.56. The molecule has 1 aliphatic heterocycles. The fraction of sp³-hybridized carbons (Fsp3) is 0.292. The molecule has 2 aromatic carbocycles. The Bertz CT molecular complexity index is 1430. The van der Waals surface area contributed by atoms with E-state index in [2.05, 4.69) is 20.6 Å². The topological polar surface area (TPSA) is 118 Å². The second kappa shape index (κ2) is 9.75. The van der Waals surface area contributed by atoms with Crippen molar-refractivity contribution >= 4 is 34.5 Å². The average molecular weight is 494 g/mol. The Hall–Kier alpha value is -3.92. The second-order valence-electron chi connectivity index (χ2n) is 8.38. The van der Waals surface area contributed by atoms with Gasteiger partial charge in [-0.2, -0.15) is 0 Å². The Kier molecular flexibility index (Phi) is 6.37. The molecule has 11 heteroatoms. The van der Waals surface area contributed by atoms with Crippen molar-refractivity contribution in [1.82, 2.24) is 29.9 Å². The monoisotopic (exact) mass is 493 g/mol. The van der Waals surface area contributed by atoms with E-state index in [1.165, 1.54) is 0 Å². The number of amides is 2. The lowest BCUT2D eigenvalue weighted by Crippen LogP contribution is -2.42. The minimum Gasteiger partial charge on any atom is -0.495 e. The molecule has 5 rings (SSSR count). The van der Waals surface area contributed by atoms with Gasteiger partial charge in [-0.15, -0.1) is 5.10 Å². The van der Waals surface area contributed by atoms with Crippen LogP contribution in [0.1, 0.15) is 30.1 Å². The number of benzene rings is 2. The highest BCUT2D eigenvalue weighted by Crippen LogP contribution is 2.27. The van der Waals surface area contributed by atoms with Gasteiger partial charge in [0.25, 0.3) is 5.56 Å². The summed E-state index contributed by atoms with van der Waals surface area (Å²) in [5.74, 6) is 0.970. The van der Waals surface area contributed by atoms with Gasteiger partial charge in [0.05, 0.1) is 19.3 Å². The Morgan fingerprint density at radius 1 is 1.23 bits per heavy atom. The molecule has 1 aliphatic rings. The molecule has 3 heterocycles. The number of methoxy groups -OCH3 is 1. The molecule has 35 heavy (non-hydrogen) atoms. The summed E-state index contributed by atoms with van der Waals surface area (Å²) < 4.78 is 6.90. The Balaban J connectivity index is 1.38. The van der Waals surface area contributed by atoms with Crippen LogP contribution in [0.15, 0.2) is 53.3 Å². The lowest BCUT2D eigenvalue weighted by atomic mass is 9.97. The summed E-state index contributed by atoms with van der Waals surface area (Å²) in [5.41, 5.74) is 1.65. The molecule has 0 spiro atoms. The summed E-state index contributed by atoms with van der Waals surface area (Å²) in [4.78, 5) is 35.0. The number of likely N-dealkylation sites (tertiary alicyclic amines) is 1. The van der Waals surface area contributed by atoms with Crippen molar-refractivity contribution in [1.29, 1.82) is 0 Å². The Morgan fingerprint density at radius 3 is 2.86 bits per heavy atom. The molecule has 1 fully saturated rings. The number of aromatic nitrogens is 5. The van der Waals surface area contributed by atoms with E-state index in [-0.39, 0.29) is 23.0 Å². The van der Waals surface area contributed by atoms with E-state index in [1.54, 1.807) is 34.9 Å². The van der Waals surface area contributed by atoms with Gasteiger partial charge in [-0.25, -0.2) is 14.5 Å². The third-order valence-corrected chi connectivity index (χ3v) is 6.48. The number of ether oxygens (including phenoxy) is 1. The number of nitrogens with one attached hydrogen (secondary N) is 2. The molecule has 10 nitrogen and oxygen atoms in total. The van der Waals surface area contributed by atoms with E-state index < -0.39 is 0 Å². The maximum Gasteiger partial charge on any atom is 0.321 e. The fourth-order valence-electron chi connectivity index (χ4n) is 4.30. The number of carbonyl (C=O) groups is 1. The third-order valence-electron chi connectivity index (χ3n) is 6.11. The van der Waals surface area contributed by atoms with Crippen LogP contribution in [0.4, 0.5) is 10.5 Å². The van der Waals surface area contributed by atoms with Crippen LogP contribution in [0.25, 0.3) is 11.2 Å². The van der Waals surface area contributed by atoms with Gasteiger partial charge in [0.1, 0.15) is 11.6 Å². The van der Waals surface area contributed by atoms with Gasteiger partial charge in [0, 0.05) is 24.0 Å². The van der Waals surface area contributed by atoms with Crippen molar-refractivity contribution in [2.75, 3.05) is 25.5 Å². The lowest BCUT2D eigenvalue weighted by Gasteiger charge is -2.32. The van der Waals surface area contributed by atoms with Crippen LogP contribution < -0.4 is 15.6 Å². The van der Waals surface area contributed by atoms with E-state index in [0.29, 0.717) is 47.6 Å². The Labute approximate surface area is 205 Å². The molecule has 2 N–H and O–H groups in total. The number of H-pyrrole nitrogens is 1. The first-order valence-corrected chi connectivity index (χ1v) is 11.7. The number of aromatic amines is 1.